The maximum absolute atomic E-state index is 11.7. The molecule has 0 bridgehead atoms. The van der Waals surface area contributed by atoms with Crippen LogP contribution >= 0.6 is 0 Å². The summed E-state index contributed by atoms with van der Waals surface area (Å²) in [5.41, 5.74) is 4.44. The SMILES string of the molecule is Cc1nn(-c2ccccc2)c(C)c1CN(C)c1nc2ccccn2c1[N+](=O)[O-]. The topological polar surface area (TPSA) is 81.5 Å². The Morgan fingerprint density at radius 2 is 1.82 bits per heavy atom. The molecule has 1 aromatic carbocycles. The summed E-state index contributed by atoms with van der Waals surface area (Å²) >= 11 is 0. The molecule has 0 saturated carbocycles. The zero-order chi connectivity index (χ0) is 19.8. The molecular weight excluding hydrogens is 356 g/mol. The number of nitrogens with zero attached hydrogens (tertiary/aromatic N) is 6. The van der Waals surface area contributed by atoms with Crippen LogP contribution in [-0.4, -0.2) is 31.1 Å². The second-order valence-corrected chi connectivity index (χ2v) is 6.70. The Bertz CT molecular complexity index is 1160. The van der Waals surface area contributed by atoms with Crippen molar-refractivity contribution in [1.82, 2.24) is 19.2 Å². The van der Waals surface area contributed by atoms with Crippen LogP contribution in [0.5, 0.6) is 0 Å². The van der Waals surface area contributed by atoms with Crippen LogP contribution < -0.4 is 4.90 Å². The molecule has 3 aromatic heterocycles. The van der Waals surface area contributed by atoms with Crippen LogP contribution in [0.1, 0.15) is 17.0 Å². The fourth-order valence-corrected chi connectivity index (χ4v) is 3.43. The summed E-state index contributed by atoms with van der Waals surface area (Å²) in [7, 11) is 1.81. The van der Waals surface area contributed by atoms with Gasteiger partial charge in [0.2, 0.25) is 11.5 Å². The molecule has 8 heteroatoms. The highest BCUT2D eigenvalue weighted by Crippen LogP contribution is 2.30. The highest BCUT2D eigenvalue weighted by molar-refractivity contribution is 5.63. The van der Waals surface area contributed by atoms with Crippen LogP contribution in [0.4, 0.5) is 11.6 Å². The quantitative estimate of drug-likeness (QED) is 0.392. The first-order valence-corrected chi connectivity index (χ1v) is 8.90. The van der Waals surface area contributed by atoms with E-state index in [1.165, 1.54) is 4.40 Å². The van der Waals surface area contributed by atoms with Crippen LogP contribution in [0.25, 0.3) is 11.3 Å². The third-order valence-corrected chi connectivity index (χ3v) is 4.86. The predicted molar refractivity (Wildman–Crippen MR) is 107 cm³/mol. The highest BCUT2D eigenvalue weighted by atomic mass is 16.6. The lowest BCUT2D eigenvalue weighted by Crippen LogP contribution is -2.19. The van der Waals surface area contributed by atoms with Gasteiger partial charge in [-0.25, -0.2) is 4.68 Å². The lowest BCUT2D eigenvalue weighted by atomic mass is 10.2. The van der Waals surface area contributed by atoms with Crippen LogP contribution in [0.2, 0.25) is 0 Å². The Morgan fingerprint density at radius 3 is 2.54 bits per heavy atom. The van der Waals surface area contributed by atoms with Gasteiger partial charge in [-0.15, -0.1) is 0 Å². The minimum atomic E-state index is -0.390. The largest absolute Gasteiger partial charge is 0.372 e. The number of pyridine rings is 1. The number of para-hydroxylation sites is 1. The first-order valence-electron chi connectivity index (χ1n) is 8.90. The minimum Gasteiger partial charge on any atom is -0.358 e. The van der Waals surface area contributed by atoms with E-state index in [0.29, 0.717) is 18.0 Å². The molecule has 3 heterocycles. The molecule has 28 heavy (non-hydrogen) atoms. The maximum atomic E-state index is 11.7. The molecule has 0 unspecified atom stereocenters. The van der Waals surface area contributed by atoms with Crippen molar-refractivity contribution in [2.75, 3.05) is 11.9 Å². The number of hydrogen-bond acceptors (Lipinski definition) is 5. The Kier molecular flexibility index (Phi) is 4.31. The zero-order valence-corrected chi connectivity index (χ0v) is 15.9. The fraction of sp³-hybridized carbons (Fsp3) is 0.200. The molecule has 0 atom stereocenters. The third kappa shape index (κ3) is 2.88. The molecule has 142 valence electrons. The monoisotopic (exact) mass is 376 g/mol. The molecular formula is C20H20N6O2. The first kappa shape index (κ1) is 17.7. The van der Waals surface area contributed by atoms with Crippen molar-refractivity contribution in [1.29, 1.82) is 0 Å². The van der Waals surface area contributed by atoms with Crippen molar-refractivity contribution in [2.24, 2.45) is 0 Å². The number of nitro groups is 1. The molecule has 0 aliphatic heterocycles. The van der Waals surface area contributed by atoms with Gasteiger partial charge in [-0.3, -0.25) is 0 Å². The Labute approximate surface area is 161 Å². The maximum Gasteiger partial charge on any atom is 0.372 e. The van der Waals surface area contributed by atoms with E-state index in [-0.39, 0.29) is 10.7 Å². The van der Waals surface area contributed by atoms with E-state index in [4.69, 9.17) is 0 Å². The fourth-order valence-electron chi connectivity index (χ4n) is 3.43. The summed E-state index contributed by atoms with van der Waals surface area (Å²) in [5, 5.41) is 16.3. The van der Waals surface area contributed by atoms with Gasteiger partial charge in [0, 0.05) is 30.9 Å². The highest BCUT2D eigenvalue weighted by Gasteiger charge is 2.26. The number of hydrogen-bond donors (Lipinski definition) is 0. The van der Waals surface area contributed by atoms with Crippen LogP contribution in [0.15, 0.2) is 54.7 Å². The lowest BCUT2D eigenvalue weighted by molar-refractivity contribution is -0.389. The molecule has 0 spiro atoms. The van der Waals surface area contributed by atoms with Crippen molar-refractivity contribution in [3.8, 4) is 5.69 Å². The summed E-state index contributed by atoms with van der Waals surface area (Å²) in [6.07, 6.45) is 1.65. The van der Waals surface area contributed by atoms with Gasteiger partial charge in [0.05, 0.1) is 17.6 Å². The van der Waals surface area contributed by atoms with Gasteiger partial charge in [-0.05, 0) is 37.0 Å². The van der Waals surface area contributed by atoms with Crippen molar-refractivity contribution < 1.29 is 4.92 Å². The van der Waals surface area contributed by atoms with Crippen LogP contribution in [0, 0.1) is 24.0 Å². The van der Waals surface area contributed by atoms with Gasteiger partial charge >= 0.3 is 5.82 Å². The summed E-state index contributed by atoms with van der Waals surface area (Å²) in [5.74, 6) is 0.298. The van der Waals surface area contributed by atoms with Crippen LogP contribution in [-0.2, 0) is 6.54 Å². The van der Waals surface area contributed by atoms with E-state index in [9.17, 15) is 10.1 Å². The molecule has 4 aromatic rings. The molecule has 0 aliphatic carbocycles. The Morgan fingerprint density at radius 1 is 1.11 bits per heavy atom. The van der Waals surface area contributed by atoms with Crippen LogP contribution in [0.3, 0.4) is 0 Å². The third-order valence-electron chi connectivity index (χ3n) is 4.86. The van der Waals surface area contributed by atoms with E-state index < -0.39 is 0 Å². The average Bonchev–Trinajstić information content (AvgIpc) is 3.22. The van der Waals surface area contributed by atoms with Gasteiger partial charge in [-0.1, -0.05) is 24.3 Å². The molecule has 8 nitrogen and oxygen atoms in total. The average molecular weight is 376 g/mol. The Balaban J connectivity index is 1.73. The number of rotatable bonds is 5. The number of aryl methyl sites for hydroxylation is 1. The standard InChI is InChI=1S/C20H20N6O2/c1-14-17(15(2)25(22-14)16-9-5-4-6-10-16)13-23(3)19-20(26(27)28)24-12-8-7-11-18(24)21-19/h4-12H,13H2,1-3H3. The van der Waals surface area contributed by atoms with E-state index in [1.54, 1.807) is 23.2 Å². The number of benzene rings is 1. The van der Waals surface area contributed by atoms with E-state index >= 15 is 0 Å². The molecule has 0 aliphatic rings. The van der Waals surface area contributed by atoms with Crippen molar-refractivity contribution in [2.45, 2.75) is 20.4 Å². The normalized spacial score (nSPS) is 11.1. The van der Waals surface area contributed by atoms with E-state index in [0.717, 1.165) is 22.6 Å². The minimum absolute atomic E-state index is 0.0381. The molecule has 0 N–H and O–H groups in total. The lowest BCUT2D eigenvalue weighted by Gasteiger charge is -2.16. The van der Waals surface area contributed by atoms with Gasteiger partial charge < -0.3 is 15.0 Å². The van der Waals surface area contributed by atoms with Gasteiger partial charge in [0.15, 0.2) is 0 Å². The summed E-state index contributed by atoms with van der Waals surface area (Å²) < 4.78 is 3.40. The predicted octanol–water partition coefficient (Wildman–Crippen LogP) is 3.68. The number of fused-ring (bicyclic) bond motifs is 1. The van der Waals surface area contributed by atoms with Crippen molar-refractivity contribution in [3.63, 3.8) is 0 Å². The summed E-state index contributed by atoms with van der Waals surface area (Å²) in [4.78, 5) is 17.6. The molecule has 0 saturated heterocycles. The Hall–Kier alpha value is -3.68. The number of aromatic nitrogens is 4. The molecule has 0 amide bonds. The smallest absolute Gasteiger partial charge is 0.358 e. The molecule has 4 rings (SSSR count). The van der Waals surface area contributed by atoms with E-state index in [2.05, 4.69) is 10.1 Å². The van der Waals surface area contributed by atoms with Gasteiger partial charge in [0.1, 0.15) is 0 Å². The molecule has 0 fully saturated rings. The second-order valence-electron chi connectivity index (χ2n) is 6.70. The second kappa shape index (κ2) is 6.80. The van der Waals surface area contributed by atoms with E-state index in [1.807, 2.05) is 62.0 Å². The first-order chi connectivity index (χ1) is 13.5. The number of imidazole rings is 1. The van der Waals surface area contributed by atoms with Gasteiger partial charge in [-0.2, -0.15) is 14.5 Å². The van der Waals surface area contributed by atoms with Crippen molar-refractivity contribution >= 4 is 17.3 Å². The number of anilines is 1. The van der Waals surface area contributed by atoms with Crippen molar-refractivity contribution in [3.05, 3.63) is 81.8 Å². The summed E-state index contributed by atoms with van der Waals surface area (Å²) in [6, 6.07) is 15.2. The summed E-state index contributed by atoms with van der Waals surface area (Å²) in [6.45, 7) is 4.43. The van der Waals surface area contributed by atoms with Gasteiger partial charge in [0.25, 0.3) is 0 Å². The zero-order valence-electron chi connectivity index (χ0n) is 15.9. The molecule has 0 radical (unpaired) electrons.